The summed E-state index contributed by atoms with van der Waals surface area (Å²) in [5.41, 5.74) is 0.936. The summed E-state index contributed by atoms with van der Waals surface area (Å²) >= 11 is 1.81. The Morgan fingerprint density at radius 3 is 2.79 bits per heavy atom. The minimum absolute atomic E-state index is 0.0400. The van der Waals surface area contributed by atoms with Crippen molar-refractivity contribution in [2.45, 2.75) is 26.2 Å². The second-order valence-electron chi connectivity index (χ2n) is 7.01. The number of carbonyl (C=O) groups is 2. The van der Waals surface area contributed by atoms with Gasteiger partial charge in [0.05, 0.1) is 18.6 Å². The van der Waals surface area contributed by atoms with Gasteiger partial charge in [0.2, 0.25) is 5.91 Å². The Labute approximate surface area is 165 Å². The summed E-state index contributed by atoms with van der Waals surface area (Å²) in [6.07, 6.45) is 1.81. The Morgan fingerprint density at radius 2 is 2.07 bits per heavy atom. The number of aryl methyl sites for hydroxylation is 2. The van der Waals surface area contributed by atoms with E-state index in [2.05, 4.69) is 0 Å². The lowest BCUT2D eigenvalue weighted by Crippen LogP contribution is -2.39. The lowest BCUT2D eigenvalue weighted by Gasteiger charge is -2.27. The first-order chi connectivity index (χ1) is 13.5. The van der Waals surface area contributed by atoms with E-state index < -0.39 is 5.63 Å². The SMILES string of the molecule is Cc1c(CC(=O)N2CCSCC2)c(=O)oc2c(C=O)c(O)c3c(c12)CCCO3. The molecule has 1 amide bonds. The van der Waals surface area contributed by atoms with Crippen molar-refractivity contribution in [3.8, 4) is 11.5 Å². The monoisotopic (exact) mass is 403 g/mol. The Kier molecular flexibility index (Phi) is 5.05. The third-order valence-corrected chi connectivity index (χ3v) is 6.36. The van der Waals surface area contributed by atoms with Crippen molar-refractivity contribution in [3.63, 3.8) is 0 Å². The molecule has 0 unspecified atom stereocenters. The first-order valence-electron chi connectivity index (χ1n) is 9.30. The van der Waals surface area contributed by atoms with Gasteiger partial charge in [0.25, 0.3) is 0 Å². The maximum absolute atomic E-state index is 12.7. The molecular formula is C20H21NO6S. The third kappa shape index (κ3) is 3.05. The molecule has 28 heavy (non-hydrogen) atoms. The average molecular weight is 403 g/mol. The van der Waals surface area contributed by atoms with Crippen LogP contribution in [0.1, 0.15) is 33.5 Å². The number of amides is 1. The molecule has 4 rings (SSSR count). The van der Waals surface area contributed by atoms with Crippen molar-refractivity contribution in [1.29, 1.82) is 0 Å². The van der Waals surface area contributed by atoms with Gasteiger partial charge < -0.3 is 19.2 Å². The molecule has 1 N–H and O–H groups in total. The van der Waals surface area contributed by atoms with E-state index in [0.29, 0.717) is 54.5 Å². The van der Waals surface area contributed by atoms with Crippen LogP contribution >= 0.6 is 11.8 Å². The van der Waals surface area contributed by atoms with Gasteiger partial charge in [-0.2, -0.15) is 11.8 Å². The number of phenolic OH excluding ortho intramolecular Hbond substituents is 1. The Bertz CT molecular complexity index is 1020. The number of aldehydes is 1. The summed E-state index contributed by atoms with van der Waals surface area (Å²) in [6, 6.07) is 0. The van der Waals surface area contributed by atoms with Crippen LogP contribution in [0.3, 0.4) is 0 Å². The molecule has 2 aromatic rings. The van der Waals surface area contributed by atoms with Crippen LogP contribution in [0, 0.1) is 6.92 Å². The van der Waals surface area contributed by atoms with Crippen LogP contribution in [-0.2, 0) is 17.6 Å². The fourth-order valence-corrected chi connectivity index (χ4v) is 4.83. The molecule has 0 spiro atoms. The van der Waals surface area contributed by atoms with E-state index in [0.717, 1.165) is 17.9 Å². The number of ether oxygens (including phenoxy) is 1. The van der Waals surface area contributed by atoms with Crippen LogP contribution in [0.4, 0.5) is 0 Å². The summed E-state index contributed by atoms with van der Waals surface area (Å²) in [5.74, 6) is 1.65. The van der Waals surface area contributed by atoms with Crippen molar-refractivity contribution in [2.24, 2.45) is 0 Å². The molecule has 0 atom stereocenters. The minimum Gasteiger partial charge on any atom is -0.504 e. The van der Waals surface area contributed by atoms with E-state index in [-0.39, 0.29) is 35.0 Å². The van der Waals surface area contributed by atoms with Crippen molar-refractivity contribution in [3.05, 3.63) is 32.7 Å². The highest BCUT2D eigenvalue weighted by Gasteiger charge is 2.28. The number of hydrogen-bond acceptors (Lipinski definition) is 7. The van der Waals surface area contributed by atoms with Gasteiger partial charge in [-0.25, -0.2) is 4.79 Å². The van der Waals surface area contributed by atoms with Crippen molar-refractivity contribution < 1.29 is 23.8 Å². The smallest absolute Gasteiger partial charge is 0.340 e. The molecule has 2 aliphatic heterocycles. The number of hydrogen-bond donors (Lipinski definition) is 1. The number of phenols is 1. The molecular weight excluding hydrogens is 382 g/mol. The molecule has 8 heteroatoms. The van der Waals surface area contributed by atoms with E-state index >= 15 is 0 Å². The zero-order valence-corrected chi connectivity index (χ0v) is 16.4. The molecule has 1 saturated heterocycles. The normalized spacial score (nSPS) is 16.5. The zero-order valence-electron chi connectivity index (χ0n) is 15.6. The van der Waals surface area contributed by atoms with Crippen LogP contribution < -0.4 is 10.4 Å². The lowest BCUT2D eigenvalue weighted by atomic mass is 9.92. The summed E-state index contributed by atoms with van der Waals surface area (Å²) in [4.78, 5) is 38.7. The molecule has 1 aromatic heterocycles. The highest BCUT2D eigenvalue weighted by molar-refractivity contribution is 7.99. The van der Waals surface area contributed by atoms with Crippen molar-refractivity contribution in [2.75, 3.05) is 31.2 Å². The number of fused-ring (bicyclic) bond motifs is 3. The molecule has 1 fully saturated rings. The van der Waals surface area contributed by atoms with E-state index in [1.807, 2.05) is 0 Å². The predicted molar refractivity (Wildman–Crippen MR) is 106 cm³/mol. The van der Waals surface area contributed by atoms with Gasteiger partial charge in [-0.05, 0) is 25.3 Å². The van der Waals surface area contributed by atoms with E-state index in [1.165, 1.54) is 0 Å². The number of thioether (sulfide) groups is 1. The summed E-state index contributed by atoms with van der Waals surface area (Å²) in [7, 11) is 0. The second kappa shape index (κ2) is 7.50. The number of carbonyl (C=O) groups excluding carboxylic acids is 2. The highest BCUT2D eigenvalue weighted by Crippen LogP contribution is 2.43. The summed E-state index contributed by atoms with van der Waals surface area (Å²) in [5, 5.41) is 11.0. The van der Waals surface area contributed by atoms with Crippen LogP contribution in [0.15, 0.2) is 9.21 Å². The fourth-order valence-electron chi connectivity index (χ4n) is 3.93. The van der Waals surface area contributed by atoms with E-state index in [9.17, 15) is 19.5 Å². The van der Waals surface area contributed by atoms with Crippen LogP contribution in [0.5, 0.6) is 11.5 Å². The number of nitrogens with zero attached hydrogens (tertiary/aromatic N) is 1. The molecule has 7 nitrogen and oxygen atoms in total. The average Bonchev–Trinajstić information content (AvgIpc) is 2.72. The Hall–Kier alpha value is -2.48. The maximum Gasteiger partial charge on any atom is 0.340 e. The molecule has 3 heterocycles. The Balaban J connectivity index is 1.87. The Morgan fingerprint density at radius 1 is 1.32 bits per heavy atom. The first-order valence-corrected chi connectivity index (χ1v) is 10.5. The van der Waals surface area contributed by atoms with Gasteiger partial charge in [0.15, 0.2) is 23.4 Å². The molecule has 2 aliphatic rings. The number of rotatable bonds is 3. The molecule has 1 aromatic carbocycles. The maximum atomic E-state index is 12.7. The predicted octanol–water partition coefficient (Wildman–Crippen LogP) is 2.06. The number of benzene rings is 1. The quantitative estimate of drug-likeness (QED) is 0.619. The van der Waals surface area contributed by atoms with Gasteiger partial charge in [-0.1, -0.05) is 0 Å². The van der Waals surface area contributed by atoms with Gasteiger partial charge in [-0.3, -0.25) is 9.59 Å². The van der Waals surface area contributed by atoms with Crippen molar-refractivity contribution in [1.82, 2.24) is 4.90 Å². The first kappa shape index (κ1) is 18.9. The van der Waals surface area contributed by atoms with Gasteiger partial charge in [-0.15, -0.1) is 0 Å². The van der Waals surface area contributed by atoms with Gasteiger partial charge >= 0.3 is 5.63 Å². The standard InChI is InChI=1S/C20H21NO6S/c1-11-13(9-15(23)21-4-7-28-8-5-21)20(25)27-18-14(10-22)17(24)19-12(16(11)18)3-2-6-26-19/h10,24H,2-9H2,1H3. The van der Waals surface area contributed by atoms with Gasteiger partial charge in [0, 0.05) is 35.5 Å². The van der Waals surface area contributed by atoms with Gasteiger partial charge in [0.1, 0.15) is 5.56 Å². The minimum atomic E-state index is -0.649. The van der Waals surface area contributed by atoms with Crippen LogP contribution in [0.2, 0.25) is 0 Å². The van der Waals surface area contributed by atoms with Crippen LogP contribution in [-0.4, -0.2) is 53.4 Å². The van der Waals surface area contributed by atoms with E-state index in [1.54, 1.807) is 23.6 Å². The molecule has 0 aliphatic carbocycles. The second-order valence-corrected chi connectivity index (χ2v) is 8.23. The fraction of sp³-hybridized carbons (Fsp3) is 0.450. The topological polar surface area (TPSA) is 97.1 Å². The lowest BCUT2D eigenvalue weighted by molar-refractivity contribution is -0.130. The van der Waals surface area contributed by atoms with Crippen LogP contribution in [0.25, 0.3) is 11.0 Å². The molecule has 0 saturated carbocycles. The number of aromatic hydroxyl groups is 1. The van der Waals surface area contributed by atoms with E-state index in [4.69, 9.17) is 9.15 Å². The highest BCUT2D eigenvalue weighted by atomic mass is 32.2. The molecule has 148 valence electrons. The summed E-state index contributed by atoms with van der Waals surface area (Å²) < 4.78 is 11.1. The molecule has 0 radical (unpaired) electrons. The zero-order chi connectivity index (χ0) is 19.8. The summed E-state index contributed by atoms with van der Waals surface area (Å²) in [6.45, 7) is 3.55. The third-order valence-electron chi connectivity index (χ3n) is 5.41. The molecule has 0 bridgehead atoms. The van der Waals surface area contributed by atoms with Crippen molar-refractivity contribution >= 4 is 34.9 Å². The largest absolute Gasteiger partial charge is 0.504 e.